The van der Waals surface area contributed by atoms with Crippen molar-refractivity contribution in [3.8, 4) is 11.3 Å². The molecular weight excluding hydrogens is 215 g/mol. The third-order valence-corrected chi connectivity index (χ3v) is 2.64. The van der Waals surface area contributed by atoms with Crippen LogP contribution in [0.3, 0.4) is 0 Å². The zero-order valence-electron chi connectivity index (χ0n) is 9.94. The van der Waals surface area contributed by atoms with Gasteiger partial charge in [0.1, 0.15) is 5.82 Å². The fraction of sp³-hybridized carbons (Fsp3) is 0.214. The molecule has 0 radical (unpaired) electrons. The Morgan fingerprint density at radius 3 is 2.35 bits per heavy atom. The number of aromatic nitrogens is 1. The number of halogens is 1. The van der Waals surface area contributed by atoms with Crippen LogP contribution in [-0.2, 0) is 5.54 Å². The molecule has 17 heavy (non-hydrogen) atoms. The molecule has 3 heteroatoms. The van der Waals surface area contributed by atoms with Crippen LogP contribution in [0, 0.1) is 5.82 Å². The van der Waals surface area contributed by atoms with Gasteiger partial charge in [0.2, 0.25) is 0 Å². The van der Waals surface area contributed by atoms with Gasteiger partial charge in [0.15, 0.2) is 0 Å². The van der Waals surface area contributed by atoms with E-state index in [1.54, 1.807) is 18.3 Å². The van der Waals surface area contributed by atoms with Crippen LogP contribution in [0.25, 0.3) is 11.3 Å². The Labute approximate surface area is 100 Å². The average molecular weight is 230 g/mol. The van der Waals surface area contributed by atoms with Crippen LogP contribution in [0.4, 0.5) is 4.39 Å². The maximum atomic E-state index is 12.8. The summed E-state index contributed by atoms with van der Waals surface area (Å²) in [6, 6.07) is 10.1. The number of nitrogens with two attached hydrogens (primary N) is 1. The van der Waals surface area contributed by atoms with E-state index in [-0.39, 0.29) is 5.82 Å². The first-order valence-corrected chi connectivity index (χ1v) is 5.48. The molecule has 2 N–H and O–H groups in total. The second kappa shape index (κ2) is 4.26. The van der Waals surface area contributed by atoms with Crippen LogP contribution in [0.5, 0.6) is 0 Å². The number of pyridine rings is 1. The highest BCUT2D eigenvalue weighted by Crippen LogP contribution is 2.22. The second-order valence-corrected chi connectivity index (χ2v) is 4.66. The summed E-state index contributed by atoms with van der Waals surface area (Å²) in [5.74, 6) is -0.246. The summed E-state index contributed by atoms with van der Waals surface area (Å²) in [7, 11) is 0. The van der Waals surface area contributed by atoms with E-state index in [4.69, 9.17) is 5.73 Å². The van der Waals surface area contributed by atoms with Gasteiger partial charge in [0.25, 0.3) is 0 Å². The minimum absolute atomic E-state index is 0.246. The Hall–Kier alpha value is -1.74. The molecule has 0 aliphatic heterocycles. The van der Waals surface area contributed by atoms with Crippen molar-refractivity contribution in [2.75, 3.05) is 0 Å². The smallest absolute Gasteiger partial charge is 0.123 e. The highest BCUT2D eigenvalue weighted by atomic mass is 19.1. The van der Waals surface area contributed by atoms with E-state index in [1.807, 2.05) is 26.0 Å². The van der Waals surface area contributed by atoms with Gasteiger partial charge in [-0.2, -0.15) is 0 Å². The molecule has 0 saturated heterocycles. The number of benzene rings is 1. The zero-order valence-corrected chi connectivity index (χ0v) is 9.94. The third kappa shape index (κ3) is 2.68. The van der Waals surface area contributed by atoms with Crippen molar-refractivity contribution in [3.05, 3.63) is 54.0 Å². The Kier molecular flexibility index (Phi) is 2.94. The maximum absolute atomic E-state index is 12.8. The third-order valence-electron chi connectivity index (χ3n) is 2.64. The molecular formula is C14H15FN2. The summed E-state index contributed by atoms with van der Waals surface area (Å²) in [6.07, 6.45) is 1.72. The molecule has 0 saturated carbocycles. The van der Waals surface area contributed by atoms with Crippen LogP contribution < -0.4 is 5.73 Å². The first-order chi connectivity index (χ1) is 7.97. The highest BCUT2D eigenvalue weighted by molar-refractivity contribution is 5.59. The monoisotopic (exact) mass is 230 g/mol. The first-order valence-electron chi connectivity index (χ1n) is 5.48. The minimum Gasteiger partial charge on any atom is -0.322 e. The van der Waals surface area contributed by atoms with Gasteiger partial charge in [-0.05, 0) is 55.8 Å². The van der Waals surface area contributed by atoms with Gasteiger partial charge in [-0.1, -0.05) is 0 Å². The zero-order chi connectivity index (χ0) is 12.5. The van der Waals surface area contributed by atoms with Gasteiger partial charge in [0, 0.05) is 17.3 Å². The maximum Gasteiger partial charge on any atom is 0.123 e. The summed E-state index contributed by atoms with van der Waals surface area (Å²) >= 11 is 0. The van der Waals surface area contributed by atoms with Gasteiger partial charge >= 0.3 is 0 Å². The first kappa shape index (κ1) is 11.7. The SMILES string of the molecule is CC(C)(N)c1ccnc(-c2ccc(F)cc2)c1. The van der Waals surface area contributed by atoms with Crippen molar-refractivity contribution < 1.29 is 4.39 Å². The van der Waals surface area contributed by atoms with Gasteiger partial charge < -0.3 is 5.73 Å². The van der Waals surface area contributed by atoms with E-state index in [0.29, 0.717) is 0 Å². The van der Waals surface area contributed by atoms with Crippen LogP contribution in [0.15, 0.2) is 42.6 Å². The Balaban J connectivity index is 2.43. The van der Waals surface area contributed by atoms with Crippen LogP contribution in [0.1, 0.15) is 19.4 Å². The van der Waals surface area contributed by atoms with Gasteiger partial charge in [-0.15, -0.1) is 0 Å². The van der Waals surface area contributed by atoms with Crippen molar-refractivity contribution >= 4 is 0 Å². The van der Waals surface area contributed by atoms with Crippen LogP contribution in [0.2, 0.25) is 0 Å². The molecule has 0 aliphatic carbocycles. The second-order valence-electron chi connectivity index (χ2n) is 4.66. The molecule has 1 aromatic heterocycles. The van der Waals surface area contributed by atoms with Crippen molar-refractivity contribution in [2.45, 2.75) is 19.4 Å². The number of hydrogen-bond acceptors (Lipinski definition) is 2. The highest BCUT2D eigenvalue weighted by Gasteiger charge is 2.14. The molecule has 0 spiro atoms. The lowest BCUT2D eigenvalue weighted by Crippen LogP contribution is -2.28. The fourth-order valence-electron chi connectivity index (χ4n) is 1.61. The van der Waals surface area contributed by atoms with E-state index in [1.165, 1.54) is 12.1 Å². The van der Waals surface area contributed by atoms with Gasteiger partial charge in [0.05, 0.1) is 5.69 Å². The quantitative estimate of drug-likeness (QED) is 0.861. The summed E-state index contributed by atoms with van der Waals surface area (Å²) < 4.78 is 12.8. The predicted octanol–water partition coefficient (Wildman–Crippen LogP) is 3.08. The Morgan fingerprint density at radius 1 is 1.12 bits per heavy atom. The minimum atomic E-state index is -0.405. The number of rotatable bonds is 2. The van der Waals surface area contributed by atoms with E-state index in [0.717, 1.165) is 16.8 Å². The largest absolute Gasteiger partial charge is 0.322 e. The molecule has 0 unspecified atom stereocenters. The molecule has 88 valence electrons. The molecule has 2 rings (SSSR count). The normalized spacial score (nSPS) is 11.5. The van der Waals surface area contributed by atoms with Crippen molar-refractivity contribution in [3.63, 3.8) is 0 Å². The average Bonchev–Trinajstić information content (AvgIpc) is 2.29. The topological polar surface area (TPSA) is 38.9 Å². The van der Waals surface area contributed by atoms with Crippen molar-refractivity contribution in [1.29, 1.82) is 0 Å². The molecule has 0 bridgehead atoms. The molecule has 1 aromatic carbocycles. The predicted molar refractivity (Wildman–Crippen MR) is 66.8 cm³/mol. The molecule has 2 nitrogen and oxygen atoms in total. The molecule has 0 fully saturated rings. The molecule has 0 aliphatic rings. The summed E-state index contributed by atoms with van der Waals surface area (Å²) in [4.78, 5) is 4.27. The van der Waals surface area contributed by atoms with Crippen molar-refractivity contribution in [1.82, 2.24) is 4.98 Å². The summed E-state index contributed by atoms with van der Waals surface area (Å²) in [6.45, 7) is 3.88. The van der Waals surface area contributed by atoms with Gasteiger partial charge in [-0.3, -0.25) is 4.98 Å². The van der Waals surface area contributed by atoms with Crippen LogP contribution in [-0.4, -0.2) is 4.98 Å². The molecule has 1 heterocycles. The van der Waals surface area contributed by atoms with E-state index in [9.17, 15) is 4.39 Å². The van der Waals surface area contributed by atoms with Crippen LogP contribution >= 0.6 is 0 Å². The van der Waals surface area contributed by atoms with E-state index >= 15 is 0 Å². The van der Waals surface area contributed by atoms with E-state index < -0.39 is 5.54 Å². The Bertz CT molecular complexity index is 512. The summed E-state index contributed by atoms with van der Waals surface area (Å²) in [5.41, 5.74) is 8.33. The molecule has 2 aromatic rings. The van der Waals surface area contributed by atoms with Gasteiger partial charge in [-0.25, -0.2) is 4.39 Å². The van der Waals surface area contributed by atoms with Crippen molar-refractivity contribution in [2.24, 2.45) is 5.73 Å². The standard InChI is InChI=1S/C14H15FN2/c1-14(2,16)11-7-8-17-13(9-11)10-3-5-12(15)6-4-10/h3-9H,16H2,1-2H3. The van der Waals surface area contributed by atoms with E-state index in [2.05, 4.69) is 4.98 Å². The molecule has 0 atom stereocenters. The lowest BCUT2D eigenvalue weighted by molar-refractivity contribution is 0.554. The Morgan fingerprint density at radius 2 is 1.76 bits per heavy atom. The number of hydrogen-bond donors (Lipinski definition) is 1. The summed E-state index contributed by atoms with van der Waals surface area (Å²) in [5, 5.41) is 0. The molecule has 0 amide bonds. The lowest BCUT2D eigenvalue weighted by atomic mass is 9.95. The number of nitrogens with zero attached hydrogens (tertiary/aromatic N) is 1. The lowest BCUT2D eigenvalue weighted by Gasteiger charge is -2.19. The fourth-order valence-corrected chi connectivity index (χ4v) is 1.61.